The normalized spacial score (nSPS) is 19.1. The van der Waals surface area contributed by atoms with Gasteiger partial charge in [-0.2, -0.15) is 0 Å². The van der Waals surface area contributed by atoms with Crippen molar-refractivity contribution in [2.45, 2.75) is 13.0 Å². The molecule has 0 fully saturated rings. The summed E-state index contributed by atoms with van der Waals surface area (Å²) in [6, 6.07) is 5.58. The van der Waals surface area contributed by atoms with Crippen LogP contribution in [0.1, 0.15) is 5.56 Å². The van der Waals surface area contributed by atoms with Crippen molar-refractivity contribution in [2.75, 3.05) is 6.61 Å². The molecular formula is C10H11NO3. The zero-order valence-corrected chi connectivity index (χ0v) is 7.82. The van der Waals surface area contributed by atoms with E-state index in [1.54, 1.807) is 6.07 Å². The maximum absolute atomic E-state index is 10.9. The van der Waals surface area contributed by atoms with Crippen LogP contribution in [0.2, 0.25) is 0 Å². The van der Waals surface area contributed by atoms with E-state index in [0.29, 0.717) is 11.5 Å². The fraction of sp³-hybridized carbons (Fsp3) is 0.300. The molecule has 14 heavy (non-hydrogen) atoms. The monoisotopic (exact) mass is 193 g/mol. The minimum Gasteiger partial charge on any atom is -0.485 e. The molecule has 0 radical (unpaired) electrons. The van der Waals surface area contributed by atoms with Gasteiger partial charge < -0.3 is 15.2 Å². The van der Waals surface area contributed by atoms with Crippen LogP contribution in [0, 0.1) is 6.92 Å². The van der Waals surface area contributed by atoms with Gasteiger partial charge in [0.15, 0.2) is 11.5 Å². The number of para-hydroxylation sites is 1. The lowest BCUT2D eigenvalue weighted by Crippen LogP contribution is -2.41. The maximum Gasteiger partial charge on any atom is 0.262 e. The van der Waals surface area contributed by atoms with E-state index in [1.807, 2.05) is 19.1 Å². The first-order valence-corrected chi connectivity index (χ1v) is 4.37. The van der Waals surface area contributed by atoms with E-state index in [2.05, 4.69) is 0 Å². The quantitative estimate of drug-likeness (QED) is 0.711. The van der Waals surface area contributed by atoms with Crippen molar-refractivity contribution in [2.24, 2.45) is 5.73 Å². The van der Waals surface area contributed by atoms with Gasteiger partial charge in [0.05, 0.1) is 0 Å². The zero-order valence-electron chi connectivity index (χ0n) is 7.82. The van der Waals surface area contributed by atoms with Crippen molar-refractivity contribution in [3.63, 3.8) is 0 Å². The summed E-state index contributed by atoms with van der Waals surface area (Å²) in [6.45, 7) is 2.08. The van der Waals surface area contributed by atoms with Crippen LogP contribution in [-0.4, -0.2) is 18.6 Å². The average molecular weight is 193 g/mol. The average Bonchev–Trinajstić information content (AvgIpc) is 2.18. The van der Waals surface area contributed by atoms with Crippen LogP contribution in [-0.2, 0) is 4.79 Å². The highest BCUT2D eigenvalue weighted by atomic mass is 16.6. The number of rotatable bonds is 1. The fourth-order valence-corrected chi connectivity index (χ4v) is 1.37. The molecule has 1 aromatic carbocycles. The van der Waals surface area contributed by atoms with Gasteiger partial charge in [-0.1, -0.05) is 12.1 Å². The largest absolute Gasteiger partial charge is 0.485 e. The van der Waals surface area contributed by atoms with Crippen LogP contribution in [0.4, 0.5) is 0 Å². The Morgan fingerprint density at radius 2 is 2.36 bits per heavy atom. The predicted molar refractivity (Wildman–Crippen MR) is 50.3 cm³/mol. The third-order valence-electron chi connectivity index (χ3n) is 2.14. The second kappa shape index (κ2) is 3.21. The van der Waals surface area contributed by atoms with Gasteiger partial charge in [-0.05, 0) is 18.6 Å². The summed E-state index contributed by atoms with van der Waals surface area (Å²) in [5.41, 5.74) is 6.07. The van der Waals surface area contributed by atoms with Crippen LogP contribution in [0.5, 0.6) is 11.5 Å². The van der Waals surface area contributed by atoms with Crippen molar-refractivity contribution >= 4 is 5.91 Å². The third-order valence-corrected chi connectivity index (χ3v) is 2.14. The molecule has 1 atom stereocenters. The first-order chi connectivity index (χ1) is 6.68. The molecule has 0 aromatic heterocycles. The third kappa shape index (κ3) is 1.39. The molecule has 4 nitrogen and oxygen atoms in total. The molecule has 0 aliphatic carbocycles. The topological polar surface area (TPSA) is 61.5 Å². The molecule has 1 aliphatic rings. The summed E-state index contributed by atoms with van der Waals surface area (Å²) in [5, 5.41) is 0. The molecule has 1 aliphatic heterocycles. The molecule has 1 aromatic rings. The Morgan fingerprint density at radius 3 is 3.07 bits per heavy atom. The van der Waals surface area contributed by atoms with Gasteiger partial charge in [0.2, 0.25) is 6.10 Å². The molecule has 74 valence electrons. The molecule has 1 heterocycles. The minimum absolute atomic E-state index is 0.186. The van der Waals surface area contributed by atoms with Gasteiger partial charge in [-0.25, -0.2) is 0 Å². The molecular weight excluding hydrogens is 182 g/mol. The zero-order chi connectivity index (χ0) is 10.1. The molecule has 1 amide bonds. The van der Waals surface area contributed by atoms with E-state index >= 15 is 0 Å². The Kier molecular flexibility index (Phi) is 2.04. The van der Waals surface area contributed by atoms with E-state index < -0.39 is 12.0 Å². The van der Waals surface area contributed by atoms with E-state index in [1.165, 1.54) is 0 Å². The summed E-state index contributed by atoms with van der Waals surface area (Å²) in [5.74, 6) is 0.781. The molecule has 0 spiro atoms. The number of hydrogen-bond acceptors (Lipinski definition) is 3. The molecule has 0 saturated heterocycles. The number of primary amides is 1. The van der Waals surface area contributed by atoms with Crippen LogP contribution in [0.25, 0.3) is 0 Å². The standard InChI is InChI=1S/C10H11NO3/c1-6-3-2-4-7-9(6)14-8(5-13-7)10(11)12/h2-4,8H,5H2,1H3,(H2,11,12). The number of fused-ring (bicyclic) bond motifs is 1. The minimum atomic E-state index is -0.677. The summed E-state index contributed by atoms with van der Waals surface area (Å²) in [6.07, 6.45) is -0.677. The Hall–Kier alpha value is -1.71. The number of ether oxygens (including phenoxy) is 2. The van der Waals surface area contributed by atoms with Crippen molar-refractivity contribution in [1.29, 1.82) is 0 Å². The van der Waals surface area contributed by atoms with E-state index in [4.69, 9.17) is 15.2 Å². The summed E-state index contributed by atoms with van der Waals surface area (Å²) < 4.78 is 10.8. The van der Waals surface area contributed by atoms with Crippen LogP contribution in [0.15, 0.2) is 18.2 Å². The Labute approximate surface area is 81.6 Å². The highest BCUT2D eigenvalue weighted by Crippen LogP contribution is 2.34. The van der Waals surface area contributed by atoms with E-state index in [-0.39, 0.29) is 6.61 Å². The number of nitrogens with two attached hydrogens (primary N) is 1. The molecule has 1 unspecified atom stereocenters. The highest BCUT2D eigenvalue weighted by molar-refractivity contribution is 5.80. The predicted octanol–water partition coefficient (Wildman–Crippen LogP) is 0.620. The van der Waals surface area contributed by atoms with Gasteiger partial charge in [-0.15, -0.1) is 0 Å². The lowest BCUT2D eigenvalue weighted by atomic mass is 10.2. The second-order valence-electron chi connectivity index (χ2n) is 3.22. The summed E-state index contributed by atoms with van der Waals surface area (Å²) >= 11 is 0. The molecule has 0 bridgehead atoms. The van der Waals surface area contributed by atoms with Gasteiger partial charge >= 0.3 is 0 Å². The number of carbonyl (C=O) groups is 1. The molecule has 4 heteroatoms. The highest BCUT2D eigenvalue weighted by Gasteiger charge is 2.26. The van der Waals surface area contributed by atoms with Gasteiger partial charge in [-0.3, -0.25) is 4.79 Å². The van der Waals surface area contributed by atoms with Gasteiger partial charge in [0.1, 0.15) is 6.61 Å². The smallest absolute Gasteiger partial charge is 0.262 e. The maximum atomic E-state index is 10.9. The van der Waals surface area contributed by atoms with Crippen LogP contribution < -0.4 is 15.2 Å². The van der Waals surface area contributed by atoms with Gasteiger partial charge in [0, 0.05) is 0 Å². The van der Waals surface area contributed by atoms with E-state index in [9.17, 15) is 4.79 Å². The summed E-state index contributed by atoms with van der Waals surface area (Å²) in [7, 11) is 0. The van der Waals surface area contributed by atoms with Crippen LogP contribution in [0.3, 0.4) is 0 Å². The fourth-order valence-electron chi connectivity index (χ4n) is 1.37. The Balaban J connectivity index is 2.33. The molecule has 0 saturated carbocycles. The van der Waals surface area contributed by atoms with Crippen molar-refractivity contribution in [3.05, 3.63) is 23.8 Å². The Bertz CT molecular complexity index is 376. The number of hydrogen-bond donors (Lipinski definition) is 1. The first kappa shape index (κ1) is 8.87. The lowest BCUT2D eigenvalue weighted by molar-refractivity contribution is -0.127. The van der Waals surface area contributed by atoms with Crippen molar-refractivity contribution < 1.29 is 14.3 Å². The first-order valence-electron chi connectivity index (χ1n) is 4.37. The number of amides is 1. The number of carbonyl (C=O) groups excluding carboxylic acids is 1. The Morgan fingerprint density at radius 1 is 1.57 bits per heavy atom. The summed E-state index contributed by atoms with van der Waals surface area (Å²) in [4.78, 5) is 10.9. The van der Waals surface area contributed by atoms with Crippen LogP contribution >= 0.6 is 0 Å². The number of benzene rings is 1. The van der Waals surface area contributed by atoms with Crippen molar-refractivity contribution in [1.82, 2.24) is 0 Å². The molecule has 2 N–H and O–H groups in total. The number of aryl methyl sites for hydroxylation is 1. The van der Waals surface area contributed by atoms with Gasteiger partial charge in [0.25, 0.3) is 5.91 Å². The second-order valence-corrected chi connectivity index (χ2v) is 3.22. The SMILES string of the molecule is Cc1cccc2c1OC(C(N)=O)CO2. The molecule has 2 rings (SSSR count). The van der Waals surface area contributed by atoms with Crippen molar-refractivity contribution in [3.8, 4) is 11.5 Å². The lowest BCUT2D eigenvalue weighted by Gasteiger charge is -2.25. The van der Waals surface area contributed by atoms with E-state index in [0.717, 1.165) is 5.56 Å².